The van der Waals surface area contributed by atoms with Gasteiger partial charge in [0.15, 0.2) is 0 Å². The van der Waals surface area contributed by atoms with E-state index in [4.69, 9.17) is 0 Å². The van der Waals surface area contributed by atoms with Crippen LogP contribution >= 0.6 is 0 Å². The molecule has 2 aromatic rings. The number of fused-ring (bicyclic) bond motifs is 1. The Morgan fingerprint density at radius 1 is 1.03 bits per heavy atom. The normalized spacial score (nSPS) is 18.5. The molecule has 2 heterocycles. The monoisotopic (exact) mass is 406 g/mol. The van der Waals surface area contributed by atoms with Gasteiger partial charge in [0.05, 0.1) is 0 Å². The minimum Gasteiger partial charge on any atom is -0.322 e. The first-order chi connectivity index (χ1) is 14.6. The highest BCUT2D eigenvalue weighted by Gasteiger charge is 2.38. The van der Waals surface area contributed by atoms with Crippen LogP contribution in [0.2, 0.25) is 0 Å². The van der Waals surface area contributed by atoms with Gasteiger partial charge in [-0.1, -0.05) is 36.4 Å². The Labute approximate surface area is 175 Å². The molecular formula is C23H26N4O3. The van der Waals surface area contributed by atoms with Gasteiger partial charge in [-0.25, -0.2) is 0 Å². The standard InChI is InChI=1S/C23H26N4O3/c1-24-12-16-4-2-3-5-17(16)13-25-11-15-6-7-19-18(10-15)14-27(23(19)30)20-8-9-21(28)26-22(20)29/h2-7,10,20,24-25H,8-9,11-14H2,1H3,(H,26,28,29). The Hall–Kier alpha value is -3.03. The van der Waals surface area contributed by atoms with Crippen LogP contribution in [0.15, 0.2) is 42.5 Å². The largest absolute Gasteiger partial charge is 0.322 e. The summed E-state index contributed by atoms with van der Waals surface area (Å²) in [5.74, 6) is -0.792. The van der Waals surface area contributed by atoms with E-state index in [2.05, 4.69) is 28.1 Å². The molecule has 7 nitrogen and oxygen atoms in total. The maximum Gasteiger partial charge on any atom is 0.255 e. The second-order valence-electron chi connectivity index (χ2n) is 7.79. The van der Waals surface area contributed by atoms with E-state index in [1.807, 2.05) is 37.4 Å². The zero-order chi connectivity index (χ0) is 21.1. The maximum absolute atomic E-state index is 12.8. The van der Waals surface area contributed by atoms with Gasteiger partial charge in [-0.2, -0.15) is 0 Å². The fourth-order valence-electron chi connectivity index (χ4n) is 4.17. The molecule has 0 radical (unpaired) electrons. The summed E-state index contributed by atoms with van der Waals surface area (Å²) in [6.07, 6.45) is 0.644. The second-order valence-corrected chi connectivity index (χ2v) is 7.79. The number of nitrogens with zero attached hydrogens (tertiary/aromatic N) is 1. The molecule has 4 rings (SSSR count). The number of piperidine rings is 1. The van der Waals surface area contributed by atoms with Crippen molar-refractivity contribution >= 4 is 17.7 Å². The van der Waals surface area contributed by atoms with E-state index in [0.29, 0.717) is 25.1 Å². The van der Waals surface area contributed by atoms with Gasteiger partial charge in [0.1, 0.15) is 6.04 Å². The van der Waals surface area contributed by atoms with Gasteiger partial charge < -0.3 is 15.5 Å². The van der Waals surface area contributed by atoms with Crippen molar-refractivity contribution in [3.8, 4) is 0 Å². The van der Waals surface area contributed by atoms with Crippen LogP contribution in [0.5, 0.6) is 0 Å². The van der Waals surface area contributed by atoms with Crippen LogP contribution in [0, 0.1) is 0 Å². The predicted octanol–water partition coefficient (Wildman–Crippen LogP) is 1.46. The van der Waals surface area contributed by atoms with E-state index in [1.165, 1.54) is 11.1 Å². The quantitative estimate of drug-likeness (QED) is 0.606. The Bertz CT molecular complexity index is 988. The van der Waals surface area contributed by atoms with Crippen molar-refractivity contribution in [3.63, 3.8) is 0 Å². The van der Waals surface area contributed by atoms with Gasteiger partial charge in [-0.15, -0.1) is 0 Å². The molecule has 3 N–H and O–H groups in total. The van der Waals surface area contributed by atoms with Crippen LogP contribution in [-0.2, 0) is 35.8 Å². The van der Waals surface area contributed by atoms with Crippen molar-refractivity contribution in [2.75, 3.05) is 7.05 Å². The van der Waals surface area contributed by atoms with E-state index >= 15 is 0 Å². The zero-order valence-corrected chi connectivity index (χ0v) is 17.0. The third-order valence-electron chi connectivity index (χ3n) is 5.72. The summed E-state index contributed by atoms with van der Waals surface area (Å²) >= 11 is 0. The van der Waals surface area contributed by atoms with Crippen LogP contribution in [-0.4, -0.2) is 35.7 Å². The highest BCUT2D eigenvalue weighted by Crippen LogP contribution is 2.28. The Kier molecular flexibility index (Phi) is 5.92. The fourth-order valence-corrected chi connectivity index (χ4v) is 4.17. The lowest BCUT2D eigenvalue weighted by atomic mass is 10.0. The molecule has 30 heavy (non-hydrogen) atoms. The third-order valence-corrected chi connectivity index (χ3v) is 5.72. The first-order valence-corrected chi connectivity index (χ1v) is 10.3. The van der Waals surface area contributed by atoms with Crippen molar-refractivity contribution in [2.24, 2.45) is 0 Å². The first kappa shape index (κ1) is 20.3. The summed E-state index contributed by atoms with van der Waals surface area (Å²) in [7, 11) is 1.94. The van der Waals surface area contributed by atoms with Crippen LogP contribution in [0.1, 0.15) is 45.5 Å². The fraction of sp³-hybridized carbons (Fsp3) is 0.348. The van der Waals surface area contributed by atoms with E-state index in [9.17, 15) is 14.4 Å². The summed E-state index contributed by atoms with van der Waals surface area (Å²) in [5, 5.41) is 9.00. The SMILES string of the molecule is CNCc1ccccc1CNCc1ccc2c(c1)CN(C1CCC(=O)NC1=O)C2=O. The third kappa shape index (κ3) is 4.13. The molecular weight excluding hydrogens is 380 g/mol. The average Bonchev–Trinajstić information content (AvgIpc) is 3.05. The molecule has 1 fully saturated rings. The number of imide groups is 1. The van der Waals surface area contributed by atoms with Crippen LogP contribution < -0.4 is 16.0 Å². The Morgan fingerprint density at radius 2 is 1.80 bits per heavy atom. The van der Waals surface area contributed by atoms with E-state index < -0.39 is 6.04 Å². The molecule has 156 valence electrons. The molecule has 3 amide bonds. The topological polar surface area (TPSA) is 90.5 Å². The lowest BCUT2D eigenvalue weighted by molar-refractivity contribution is -0.136. The maximum atomic E-state index is 12.8. The number of amides is 3. The van der Waals surface area contributed by atoms with Crippen molar-refractivity contribution in [3.05, 3.63) is 70.3 Å². The highest BCUT2D eigenvalue weighted by molar-refractivity contribution is 6.05. The summed E-state index contributed by atoms with van der Waals surface area (Å²) in [4.78, 5) is 37.9. The summed E-state index contributed by atoms with van der Waals surface area (Å²) in [5.41, 5.74) is 5.19. The molecule has 1 saturated heterocycles. The molecule has 0 bridgehead atoms. The highest BCUT2D eigenvalue weighted by atomic mass is 16.2. The molecule has 0 aromatic heterocycles. The van der Waals surface area contributed by atoms with Crippen molar-refractivity contribution in [1.29, 1.82) is 0 Å². The lowest BCUT2D eigenvalue weighted by Crippen LogP contribution is -2.52. The molecule has 2 aliphatic rings. The van der Waals surface area contributed by atoms with Crippen molar-refractivity contribution in [2.45, 2.75) is 45.1 Å². The molecule has 2 aliphatic heterocycles. The zero-order valence-electron chi connectivity index (χ0n) is 17.0. The predicted molar refractivity (Wildman–Crippen MR) is 112 cm³/mol. The van der Waals surface area contributed by atoms with Gasteiger partial charge in [-0.05, 0) is 41.8 Å². The van der Waals surface area contributed by atoms with E-state index in [1.54, 1.807) is 4.90 Å². The smallest absolute Gasteiger partial charge is 0.255 e. The van der Waals surface area contributed by atoms with Crippen LogP contribution in [0.25, 0.3) is 0 Å². The number of rotatable bonds is 7. The van der Waals surface area contributed by atoms with Gasteiger partial charge in [0.2, 0.25) is 11.8 Å². The number of carbonyl (C=O) groups is 3. The van der Waals surface area contributed by atoms with E-state index in [-0.39, 0.29) is 24.1 Å². The molecule has 1 atom stereocenters. The first-order valence-electron chi connectivity index (χ1n) is 10.3. The van der Waals surface area contributed by atoms with Gasteiger partial charge in [0.25, 0.3) is 5.91 Å². The summed E-state index contributed by atoms with van der Waals surface area (Å²) in [6.45, 7) is 2.68. The average molecular weight is 406 g/mol. The van der Waals surface area contributed by atoms with Crippen LogP contribution in [0.4, 0.5) is 0 Å². The van der Waals surface area contributed by atoms with Gasteiger partial charge in [-0.3, -0.25) is 19.7 Å². The van der Waals surface area contributed by atoms with Gasteiger partial charge in [0, 0.05) is 38.2 Å². The molecule has 0 saturated carbocycles. The van der Waals surface area contributed by atoms with Crippen molar-refractivity contribution < 1.29 is 14.4 Å². The molecule has 7 heteroatoms. The number of benzene rings is 2. The second kappa shape index (κ2) is 8.77. The Balaban J connectivity index is 1.40. The Morgan fingerprint density at radius 3 is 2.53 bits per heavy atom. The molecule has 0 aliphatic carbocycles. The number of nitrogens with one attached hydrogen (secondary N) is 3. The summed E-state index contributed by atoms with van der Waals surface area (Å²) in [6, 6.07) is 13.6. The number of hydrogen-bond acceptors (Lipinski definition) is 5. The minimum absolute atomic E-state index is 0.139. The lowest BCUT2D eigenvalue weighted by Gasteiger charge is -2.29. The molecule has 1 unspecified atom stereocenters. The van der Waals surface area contributed by atoms with Crippen molar-refractivity contribution in [1.82, 2.24) is 20.9 Å². The number of carbonyl (C=O) groups excluding carboxylic acids is 3. The molecule has 0 spiro atoms. The van der Waals surface area contributed by atoms with Gasteiger partial charge >= 0.3 is 0 Å². The number of hydrogen-bond donors (Lipinski definition) is 3. The summed E-state index contributed by atoms with van der Waals surface area (Å²) < 4.78 is 0. The van der Waals surface area contributed by atoms with E-state index in [0.717, 1.165) is 24.2 Å². The molecule has 2 aromatic carbocycles. The van der Waals surface area contributed by atoms with Crippen LogP contribution in [0.3, 0.4) is 0 Å². The minimum atomic E-state index is -0.576.